The number of carbonyl (C=O) groups is 5. The number of nitrogens with zero attached hydrogens (tertiary/aromatic N) is 4. The average Bonchev–Trinajstić information content (AvgIpc) is 3.53. The molecule has 5 rings (SSSR count). The summed E-state index contributed by atoms with van der Waals surface area (Å²) in [5.41, 5.74) is 0.609. The maximum atomic E-state index is 13.1. The van der Waals surface area contributed by atoms with Crippen LogP contribution in [0, 0.1) is 11.3 Å². The number of fused-ring (bicyclic) bond motifs is 1. The molecule has 3 aliphatic heterocycles. The molecule has 35 heavy (non-hydrogen) atoms. The summed E-state index contributed by atoms with van der Waals surface area (Å²) in [6, 6.07) is 6.61. The summed E-state index contributed by atoms with van der Waals surface area (Å²) in [5.74, 6) is -0.996. The Morgan fingerprint density at radius 3 is 2.03 bits per heavy atom. The standard InChI is InChI=1S/C25H30N4O6/c1-2-35-24(34)28-13-11-27(12-14-28)23(33)19-15-25(19)7-9-26(10-8-25)20(30)16-29-21(31)17-5-3-4-6-18(17)22(29)32/h3-6,19H,2,7-16H2,1H3/t19-/m0/s1. The Balaban J connectivity index is 1.10. The molecule has 10 heteroatoms. The van der Waals surface area contributed by atoms with E-state index in [0.717, 1.165) is 24.2 Å². The number of piperidine rings is 1. The number of hydrogen-bond acceptors (Lipinski definition) is 6. The number of ether oxygens (including phenoxy) is 1. The first-order valence-electron chi connectivity index (χ1n) is 12.3. The lowest BCUT2D eigenvalue weighted by atomic mass is 9.90. The molecule has 186 valence electrons. The van der Waals surface area contributed by atoms with Gasteiger partial charge < -0.3 is 19.4 Å². The van der Waals surface area contributed by atoms with Gasteiger partial charge in [-0.25, -0.2) is 4.79 Å². The fourth-order valence-corrected chi connectivity index (χ4v) is 5.61. The number of hydrogen-bond donors (Lipinski definition) is 0. The smallest absolute Gasteiger partial charge is 0.409 e. The minimum Gasteiger partial charge on any atom is -0.450 e. The molecule has 0 radical (unpaired) electrons. The summed E-state index contributed by atoms with van der Waals surface area (Å²) in [5, 5.41) is 0. The Morgan fingerprint density at radius 1 is 0.886 bits per heavy atom. The van der Waals surface area contributed by atoms with Gasteiger partial charge in [-0.3, -0.25) is 24.1 Å². The van der Waals surface area contributed by atoms with E-state index in [1.54, 1.807) is 41.0 Å². The molecule has 0 aromatic heterocycles. The molecule has 2 saturated heterocycles. The van der Waals surface area contributed by atoms with E-state index in [1.807, 2.05) is 4.90 Å². The number of carbonyl (C=O) groups excluding carboxylic acids is 5. The zero-order valence-corrected chi connectivity index (χ0v) is 19.9. The first-order valence-corrected chi connectivity index (χ1v) is 12.3. The number of amides is 5. The second kappa shape index (κ2) is 8.98. The van der Waals surface area contributed by atoms with Crippen molar-refractivity contribution in [2.24, 2.45) is 11.3 Å². The Morgan fingerprint density at radius 2 is 1.46 bits per heavy atom. The van der Waals surface area contributed by atoms with Crippen LogP contribution in [-0.2, 0) is 14.3 Å². The van der Waals surface area contributed by atoms with Crippen LogP contribution in [-0.4, -0.2) is 102 Å². The monoisotopic (exact) mass is 482 g/mol. The van der Waals surface area contributed by atoms with Crippen molar-refractivity contribution in [2.75, 3.05) is 52.4 Å². The number of imide groups is 1. The molecular formula is C25H30N4O6. The summed E-state index contributed by atoms with van der Waals surface area (Å²) in [4.78, 5) is 69.2. The molecule has 1 aromatic carbocycles. The molecule has 4 aliphatic rings. The largest absolute Gasteiger partial charge is 0.450 e. The van der Waals surface area contributed by atoms with Gasteiger partial charge in [0.1, 0.15) is 6.54 Å². The van der Waals surface area contributed by atoms with Crippen molar-refractivity contribution < 1.29 is 28.7 Å². The van der Waals surface area contributed by atoms with Crippen LogP contribution in [0.15, 0.2) is 24.3 Å². The fraction of sp³-hybridized carbons (Fsp3) is 0.560. The maximum Gasteiger partial charge on any atom is 0.409 e. The summed E-state index contributed by atoms with van der Waals surface area (Å²) in [7, 11) is 0. The summed E-state index contributed by atoms with van der Waals surface area (Å²) in [6.45, 7) is 4.85. The predicted octanol–water partition coefficient (Wildman–Crippen LogP) is 1.21. The molecule has 1 saturated carbocycles. The molecule has 1 aromatic rings. The molecule has 0 N–H and O–H groups in total. The third-order valence-electron chi connectivity index (χ3n) is 7.89. The highest BCUT2D eigenvalue weighted by atomic mass is 16.6. The van der Waals surface area contributed by atoms with Crippen molar-refractivity contribution in [3.8, 4) is 0 Å². The first-order chi connectivity index (χ1) is 16.8. The van der Waals surface area contributed by atoms with Gasteiger partial charge in [0.2, 0.25) is 11.8 Å². The van der Waals surface area contributed by atoms with Crippen molar-refractivity contribution in [3.05, 3.63) is 35.4 Å². The lowest BCUT2D eigenvalue weighted by Crippen LogP contribution is -2.51. The van der Waals surface area contributed by atoms with E-state index >= 15 is 0 Å². The van der Waals surface area contributed by atoms with Crippen LogP contribution in [0.2, 0.25) is 0 Å². The van der Waals surface area contributed by atoms with E-state index in [2.05, 4.69) is 0 Å². The maximum absolute atomic E-state index is 13.1. The van der Waals surface area contributed by atoms with E-state index in [0.29, 0.717) is 57.0 Å². The van der Waals surface area contributed by atoms with E-state index in [4.69, 9.17) is 4.74 Å². The molecule has 1 atom stereocenters. The second-order valence-electron chi connectivity index (χ2n) is 9.75. The van der Waals surface area contributed by atoms with Crippen LogP contribution in [0.3, 0.4) is 0 Å². The molecule has 0 bridgehead atoms. The summed E-state index contributed by atoms with van der Waals surface area (Å²) in [6.07, 6.45) is 1.96. The van der Waals surface area contributed by atoms with Crippen molar-refractivity contribution in [1.29, 1.82) is 0 Å². The van der Waals surface area contributed by atoms with Crippen LogP contribution < -0.4 is 0 Å². The molecule has 3 fully saturated rings. The number of likely N-dealkylation sites (tertiary alicyclic amines) is 1. The first kappa shape index (κ1) is 23.3. The van der Waals surface area contributed by atoms with Gasteiger partial charge in [0.05, 0.1) is 17.7 Å². The van der Waals surface area contributed by atoms with Crippen LogP contribution in [0.25, 0.3) is 0 Å². The molecule has 0 unspecified atom stereocenters. The minimum atomic E-state index is -0.427. The van der Waals surface area contributed by atoms with Gasteiger partial charge >= 0.3 is 6.09 Å². The molecular weight excluding hydrogens is 452 g/mol. The minimum absolute atomic E-state index is 0.0369. The van der Waals surface area contributed by atoms with Gasteiger partial charge in [0.25, 0.3) is 11.8 Å². The second-order valence-corrected chi connectivity index (χ2v) is 9.75. The normalized spacial score (nSPS) is 22.9. The van der Waals surface area contributed by atoms with Gasteiger partial charge in [-0.2, -0.15) is 0 Å². The Hall–Kier alpha value is -3.43. The van der Waals surface area contributed by atoms with Gasteiger partial charge in [0, 0.05) is 45.2 Å². The molecule has 1 spiro atoms. The molecule has 5 amide bonds. The Bertz CT molecular complexity index is 1040. The SMILES string of the molecule is CCOC(=O)N1CCN(C(=O)[C@@H]2CC23CCN(C(=O)CN2C(=O)c4ccccc4C2=O)CC3)CC1. The summed E-state index contributed by atoms with van der Waals surface area (Å²) < 4.78 is 5.04. The zero-order chi connectivity index (χ0) is 24.7. The van der Waals surface area contributed by atoms with Crippen molar-refractivity contribution in [3.63, 3.8) is 0 Å². The van der Waals surface area contributed by atoms with Gasteiger partial charge in [0.15, 0.2) is 0 Å². The summed E-state index contributed by atoms with van der Waals surface area (Å²) >= 11 is 0. The van der Waals surface area contributed by atoms with Crippen LogP contribution in [0.4, 0.5) is 4.79 Å². The van der Waals surface area contributed by atoms with Gasteiger partial charge in [-0.15, -0.1) is 0 Å². The third-order valence-corrected chi connectivity index (χ3v) is 7.89. The van der Waals surface area contributed by atoms with E-state index in [1.165, 1.54) is 0 Å². The van der Waals surface area contributed by atoms with Gasteiger partial charge in [-0.1, -0.05) is 12.1 Å². The third kappa shape index (κ3) is 4.15. The van der Waals surface area contributed by atoms with Crippen LogP contribution in [0.1, 0.15) is 46.9 Å². The van der Waals surface area contributed by atoms with Crippen LogP contribution >= 0.6 is 0 Å². The van der Waals surface area contributed by atoms with Crippen molar-refractivity contribution in [1.82, 2.24) is 19.6 Å². The van der Waals surface area contributed by atoms with Crippen molar-refractivity contribution >= 4 is 29.7 Å². The van der Waals surface area contributed by atoms with Crippen molar-refractivity contribution in [2.45, 2.75) is 26.2 Å². The molecule has 1 aliphatic carbocycles. The Kier molecular flexibility index (Phi) is 5.98. The lowest BCUT2D eigenvalue weighted by Gasteiger charge is -2.36. The van der Waals surface area contributed by atoms with Gasteiger partial charge in [-0.05, 0) is 43.7 Å². The lowest BCUT2D eigenvalue weighted by molar-refractivity contribution is -0.136. The number of rotatable bonds is 4. The fourth-order valence-electron chi connectivity index (χ4n) is 5.61. The predicted molar refractivity (Wildman–Crippen MR) is 123 cm³/mol. The highest BCUT2D eigenvalue weighted by Crippen LogP contribution is 2.60. The quantitative estimate of drug-likeness (QED) is 0.597. The zero-order valence-electron chi connectivity index (χ0n) is 19.9. The highest BCUT2D eigenvalue weighted by Gasteiger charge is 2.59. The highest BCUT2D eigenvalue weighted by molar-refractivity contribution is 6.22. The van der Waals surface area contributed by atoms with E-state index in [9.17, 15) is 24.0 Å². The Labute approximate surface area is 203 Å². The molecule has 10 nitrogen and oxygen atoms in total. The van der Waals surface area contributed by atoms with Crippen LogP contribution in [0.5, 0.6) is 0 Å². The van der Waals surface area contributed by atoms with E-state index < -0.39 is 11.8 Å². The number of piperazine rings is 1. The van der Waals surface area contributed by atoms with E-state index in [-0.39, 0.29) is 35.8 Å². The molecule has 3 heterocycles. The topological polar surface area (TPSA) is 108 Å². The number of benzene rings is 1. The average molecular weight is 483 g/mol.